The van der Waals surface area contributed by atoms with Crippen LogP contribution in [0.2, 0.25) is 0 Å². The van der Waals surface area contributed by atoms with E-state index in [1.807, 2.05) is 36.5 Å². The minimum Gasteiger partial charge on any atom is -0.264 e. The molecule has 2 atom stereocenters. The average molecular weight is 259 g/mol. The van der Waals surface area contributed by atoms with Crippen LogP contribution < -0.4 is 10.9 Å². The van der Waals surface area contributed by atoms with Gasteiger partial charge in [0.25, 0.3) is 0 Å². The van der Waals surface area contributed by atoms with Gasteiger partial charge in [-0.2, -0.15) is 5.10 Å². The van der Waals surface area contributed by atoms with E-state index in [0.717, 1.165) is 11.3 Å². The van der Waals surface area contributed by atoms with Gasteiger partial charge in [-0.3, -0.25) is 15.5 Å². The van der Waals surface area contributed by atoms with Crippen LogP contribution in [-0.4, -0.2) is 27.3 Å². The first kappa shape index (κ1) is 11.8. The zero-order valence-electron chi connectivity index (χ0n) is 10.1. The molecule has 0 aliphatic carbocycles. The van der Waals surface area contributed by atoms with Crippen molar-refractivity contribution in [3.05, 3.63) is 58.4 Å². The summed E-state index contributed by atoms with van der Waals surface area (Å²) in [6.45, 7) is 0.314. The van der Waals surface area contributed by atoms with Crippen molar-refractivity contribution < 1.29 is 4.92 Å². The van der Waals surface area contributed by atoms with Crippen molar-refractivity contribution in [3.8, 4) is 5.69 Å². The van der Waals surface area contributed by atoms with E-state index in [4.69, 9.17) is 0 Å². The third-order valence-electron chi connectivity index (χ3n) is 3.21. The van der Waals surface area contributed by atoms with Crippen LogP contribution in [0, 0.1) is 10.1 Å². The summed E-state index contributed by atoms with van der Waals surface area (Å²) in [5.41, 5.74) is 7.48. The summed E-state index contributed by atoms with van der Waals surface area (Å²) in [6.07, 6.45) is 3.48. The van der Waals surface area contributed by atoms with Gasteiger partial charge in [-0.05, 0) is 12.1 Å². The minimum atomic E-state index is -0.673. The second kappa shape index (κ2) is 4.79. The van der Waals surface area contributed by atoms with E-state index in [0.29, 0.717) is 6.54 Å². The van der Waals surface area contributed by atoms with E-state index in [1.165, 1.54) is 0 Å². The number of hydrazine groups is 1. The van der Waals surface area contributed by atoms with Crippen molar-refractivity contribution in [3.63, 3.8) is 0 Å². The highest BCUT2D eigenvalue weighted by molar-refractivity contribution is 5.31. The monoisotopic (exact) mass is 259 g/mol. The zero-order valence-corrected chi connectivity index (χ0v) is 10.1. The smallest absolute Gasteiger partial charge is 0.247 e. The molecule has 1 aliphatic heterocycles. The largest absolute Gasteiger partial charge is 0.264 e. The van der Waals surface area contributed by atoms with Gasteiger partial charge in [0, 0.05) is 16.7 Å². The van der Waals surface area contributed by atoms with E-state index in [2.05, 4.69) is 16.0 Å². The molecule has 0 saturated carbocycles. The highest BCUT2D eigenvalue weighted by Crippen LogP contribution is 2.21. The Balaban J connectivity index is 1.87. The number of nitrogens with one attached hydrogen (secondary N) is 2. The predicted octanol–water partition coefficient (Wildman–Crippen LogP) is 0.666. The molecule has 1 saturated heterocycles. The number of hydrogen-bond acceptors (Lipinski definition) is 5. The molecule has 2 heterocycles. The van der Waals surface area contributed by atoms with E-state index in [-0.39, 0.29) is 11.0 Å². The Hall–Kier alpha value is -2.25. The summed E-state index contributed by atoms with van der Waals surface area (Å²) in [5, 5.41) is 15.2. The quantitative estimate of drug-likeness (QED) is 0.625. The van der Waals surface area contributed by atoms with Gasteiger partial charge in [0.2, 0.25) is 6.04 Å². The van der Waals surface area contributed by atoms with Crippen LogP contribution >= 0.6 is 0 Å². The molecule has 2 unspecified atom stereocenters. The second-order valence-electron chi connectivity index (χ2n) is 4.41. The van der Waals surface area contributed by atoms with Crippen molar-refractivity contribution in [2.75, 3.05) is 6.54 Å². The lowest BCUT2D eigenvalue weighted by Crippen LogP contribution is -2.29. The van der Waals surface area contributed by atoms with Crippen LogP contribution in [0.5, 0.6) is 0 Å². The van der Waals surface area contributed by atoms with E-state index >= 15 is 0 Å². The highest BCUT2D eigenvalue weighted by Gasteiger charge is 2.38. The number of aromatic nitrogens is 2. The Morgan fingerprint density at radius 3 is 2.89 bits per heavy atom. The Morgan fingerprint density at radius 2 is 2.16 bits per heavy atom. The highest BCUT2D eigenvalue weighted by atomic mass is 16.6. The maximum atomic E-state index is 11.0. The molecule has 3 rings (SSSR count). The summed E-state index contributed by atoms with van der Waals surface area (Å²) < 4.78 is 1.71. The minimum absolute atomic E-state index is 0.266. The average Bonchev–Trinajstić information content (AvgIpc) is 3.08. The molecule has 1 aromatic heterocycles. The Labute approximate surface area is 109 Å². The van der Waals surface area contributed by atoms with Crippen LogP contribution in [0.3, 0.4) is 0 Å². The lowest BCUT2D eigenvalue weighted by Gasteiger charge is -2.09. The molecule has 0 spiro atoms. The molecule has 2 N–H and O–H groups in total. The van der Waals surface area contributed by atoms with Crippen LogP contribution in [0.25, 0.3) is 5.69 Å². The molecule has 1 fully saturated rings. The maximum Gasteiger partial charge on any atom is 0.247 e. The van der Waals surface area contributed by atoms with Gasteiger partial charge in [0.15, 0.2) is 0 Å². The number of nitro groups is 1. The number of hydrogen-bond donors (Lipinski definition) is 2. The predicted molar refractivity (Wildman–Crippen MR) is 68.2 cm³/mol. The van der Waals surface area contributed by atoms with Gasteiger partial charge >= 0.3 is 0 Å². The topological polar surface area (TPSA) is 85.0 Å². The molecule has 7 nitrogen and oxygen atoms in total. The Bertz CT molecular complexity index is 583. The zero-order chi connectivity index (χ0) is 13.2. The molecule has 0 bridgehead atoms. The summed E-state index contributed by atoms with van der Waals surface area (Å²) in [4.78, 5) is 10.7. The first-order valence-corrected chi connectivity index (χ1v) is 5.97. The van der Waals surface area contributed by atoms with Crippen LogP contribution in [-0.2, 0) is 0 Å². The Kier molecular flexibility index (Phi) is 2.98. The summed E-state index contributed by atoms with van der Waals surface area (Å²) in [5.74, 6) is 0. The van der Waals surface area contributed by atoms with Gasteiger partial charge in [0.05, 0.1) is 18.4 Å². The molecular weight excluding hydrogens is 246 g/mol. The van der Waals surface area contributed by atoms with Crippen molar-refractivity contribution in [1.82, 2.24) is 20.6 Å². The van der Waals surface area contributed by atoms with Crippen molar-refractivity contribution in [1.29, 1.82) is 0 Å². The first-order chi connectivity index (χ1) is 9.25. The molecule has 98 valence electrons. The van der Waals surface area contributed by atoms with Gasteiger partial charge in [-0.25, -0.2) is 10.1 Å². The summed E-state index contributed by atoms with van der Waals surface area (Å²) in [7, 11) is 0. The summed E-state index contributed by atoms with van der Waals surface area (Å²) in [6, 6.07) is 8.61. The normalized spacial score (nSPS) is 22.5. The fourth-order valence-electron chi connectivity index (χ4n) is 2.21. The lowest BCUT2D eigenvalue weighted by molar-refractivity contribution is -0.520. The fraction of sp³-hybridized carbons (Fsp3) is 0.250. The van der Waals surface area contributed by atoms with Gasteiger partial charge in [0.1, 0.15) is 6.04 Å². The molecule has 0 radical (unpaired) electrons. The van der Waals surface area contributed by atoms with Crippen molar-refractivity contribution >= 4 is 0 Å². The Morgan fingerprint density at radius 1 is 1.37 bits per heavy atom. The van der Waals surface area contributed by atoms with Gasteiger partial charge < -0.3 is 0 Å². The van der Waals surface area contributed by atoms with E-state index in [9.17, 15) is 10.1 Å². The third-order valence-corrected chi connectivity index (χ3v) is 3.21. The molecule has 1 aliphatic rings. The lowest BCUT2D eigenvalue weighted by atomic mass is 10.1. The first-order valence-electron chi connectivity index (χ1n) is 5.97. The standard InChI is InChI=1S/C12H13N5O2/c18-17(19)11-7-13-15-12(11)9-6-14-16(8-9)10-4-2-1-3-5-10/h1-6,8,11-13,15H,7H2. The number of benzene rings is 1. The van der Waals surface area contributed by atoms with Crippen LogP contribution in [0.15, 0.2) is 42.7 Å². The number of para-hydroxylation sites is 1. The maximum absolute atomic E-state index is 11.0. The fourth-order valence-corrected chi connectivity index (χ4v) is 2.21. The number of nitrogens with zero attached hydrogens (tertiary/aromatic N) is 3. The van der Waals surface area contributed by atoms with Gasteiger partial charge in [-0.15, -0.1) is 0 Å². The number of rotatable bonds is 3. The molecule has 1 aromatic carbocycles. The SMILES string of the molecule is O=[N+]([O-])C1CNNC1c1cnn(-c2ccccc2)c1. The molecule has 19 heavy (non-hydrogen) atoms. The molecule has 7 heteroatoms. The molecular formula is C12H13N5O2. The van der Waals surface area contributed by atoms with Crippen LogP contribution in [0.4, 0.5) is 0 Å². The third kappa shape index (κ3) is 2.20. The van der Waals surface area contributed by atoms with Crippen molar-refractivity contribution in [2.24, 2.45) is 0 Å². The van der Waals surface area contributed by atoms with Crippen LogP contribution in [0.1, 0.15) is 11.6 Å². The second-order valence-corrected chi connectivity index (χ2v) is 4.41. The van der Waals surface area contributed by atoms with E-state index in [1.54, 1.807) is 10.9 Å². The van der Waals surface area contributed by atoms with Crippen molar-refractivity contribution in [2.45, 2.75) is 12.1 Å². The summed E-state index contributed by atoms with van der Waals surface area (Å²) >= 11 is 0. The van der Waals surface area contributed by atoms with Gasteiger partial charge in [-0.1, -0.05) is 18.2 Å². The molecule has 0 amide bonds. The molecule has 2 aromatic rings. The van der Waals surface area contributed by atoms with E-state index < -0.39 is 6.04 Å².